The van der Waals surface area contributed by atoms with Crippen LogP contribution in [0.1, 0.15) is 6.92 Å². The number of benzene rings is 3. The molecule has 0 atom stereocenters. The number of fused-ring (bicyclic) bond motifs is 4. The molecule has 5 aromatic rings. The Morgan fingerprint density at radius 2 is 1.69 bits per heavy atom. The van der Waals surface area contributed by atoms with Crippen LogP contribution in [0.5, 0.6) is 0 Å². The maximum Gasteiger partial charge on any atom is 0.138 e. The smallest absolute Gasteiger partial charge is 0.138 e. The first-order valence-corrected chi connectivity index (χ1v) is 10.1. The Morgan fingerprint density at radius 1 is 0.923 bits per heavy atom. The van der Waals surface area contributed by atoms with Crippen LogP contribution in [0.3, 0.4) is 0 Å². The highest BCUT2D eigenvalue weighted by Crippen LogP contribution is 2.33. The summed E-state index contributed by atoms with van der Waals surface area (Å²) in [6.45, 7) is 3.14. The highest BCUT2D eigenvalue weighted by Gasteiger charge is 2.12. The zero-order chi connectivity index (χ0) is 17.8. The predicted octanol–water partition coefficient (Wildman–Crippen LogP) is 6.88. The van der Waals surface area contributed by atoms with Gasteiger partial charge in [-0.2, -0.15) is 0 Å². The Bertz CT molecular complexity index is 1260. The number of aryl methyl sites for hydroxylation is 1. The van der Waals surface area contributed by atoms with Gasteiger partial charge in [-0.05, 0) is 75.2 Å². The molecule has 0 aliphatic heterocycles. The molecule has 0 aliphatic rings. The lowest BCUT2D eigenvalue weighted by atomic mass is 10.1. The molecular weight excluding hydrogens is 454 g/mol. The summed E-state index contributed by atoms with van der Waals surface area (Å²) in [5, 5.41) is 2.55. The molecule has 0 saturated heterocycles. The zero-order valence-corrected chi connectivity index (χ0v) is 17.2. The fourth-order valence-corrected chi connectivity index (χ4v) is 4.36. The third-order valence-electron chi connectivity index (χ3n) is 4.89. The molecule has 26 heavy (non-hydrogen) atoms. The van der Waals surface area contributed by atoms with Gasteiger partial charge in [-0.25, -0.2) is 4.98 Å². The largest absolute Gasteiger partial charge is 0.341 e. The number of hydrogen-bond donors (Lipinski definition) is 1. The summed E-state index contributed by atoms with van der Waals surface area (Å²) in [4.78, 5) is 8.23. The number of H-pyrrole nitrogens is 1. The fourth-order valence-electron chi connectivity index (χ4n) is 3.68. The second kappa shape index (κ2) is 5.96. The Labute approximate surface area is 167 Å². The normalized spacial score (nSPS) is 11.8. The van der Waals surface area contributed by atoms with E-state index in [4.69, 9.17) is 4.98 Å². The van der Waals surface area contributed by atoms with Crippen molar-refractivity contribution in [3.8, 4) is 11.4 Å². The molecule has 2 aromatic heterocycles. The minimum atomic E-state index is 0.889. The van der Waals surface area contributed by atoms with Crippen molar-refractivity contribution in [1.82, 2.24) is 14.5 Å². The molecule has 0 fully saturated rings. The summed E-state index contributed by atoms with van der Waals surface area (Å²) in [5.74, 6) is 0.889. The van der Waals surface area contributed by atoms with E-state index in [0.29, 0.717) is 0 Å². The van der Waals surface area contributed by atoms with Crippen LogP contribution in [-0.2, 0) is 6.54 Å². The number of rotatable bonds is 2. The Kier molecular flexibility index (Phi) is 3.69. The monoisotopic (exact) mass is 467 g/mol. The highest BCUT2D eigenvalue weighted by molar-refractivity contribution is 9.13. The van der Waals surface area contributed by atoms with E-state index in [9.17, 15) is 0 Å². The van der Waals surface area contributed by atoms with E-state index in [1.54, 1.807) is 0 Å². The maximum atomic E-state index is 4.79. The second-order valence-corrected chi connectivity index (χ2v) is 8.07. The Morgan fingerprint density at radius 3 is 2.54 bits per heavy atom. The van der Waals surface area contributed by atoms with Crippen LogP contribution >= 0.6 is 31.9 Å². The molecule has 3 aromatic carbocycles. The van der Waals surface area contributed by atoms with Crippen molar-refractivity contribution in [2.24, 2.45) is 0 Å². The summed E-state index contributed by atoms with van der Waals surface area (Å²) < 4.78 is 4.38. The molecule has 3 nitrogen and oxygen atoms in total. The molecule has 5 heteroatoms. The molecule has 0 amide bonds. The first-order valence-electron chi connectivity index (χ1n) is 8.52. The number of nitrogens with zero attached hydrogens (tertiary/aromatic N) is 2. The van der Waals surface area contributed by atoms with Crippen molar-refractivity contribution in [2.45, 2.75) is 13.5 Å². The quantitative estimate of drug-likeness (QED) is 0.301. The topological polar surface area (TPSA) is 33.6 Å². The van der Waals surface area contributed by atoms with Gasteiger partial charge in [0.2, 0.25) is 0 Å². The summed E-state index contributed by atoms with van der Waals surface area (Å²) in [6.07, 6.45) is 0. The van der Waals surface area contributed by atoms with Gasteiger partial charge < -0.3 is 9.55 Å². The molecule has 1 N–H and O–H groups in total. The lowest BCUT2D eigenvalue weighted by Crippen LogP contribution is -1.92. The molecule has 5 rings (SSSR count). The summed E-state index contributed by atoms with van der Waals surface area (Å²) in [6, 6.07) is 19.3. The lowest BCUT2D eigenvalue weighted by Gasteiger charge is -2.03. The number of aromatic nitrogens is 3. The van der Waals surface area contributed by atoms with Crippen LogP contribution in [-0.4, -0.2) is 14.5 Å². The van der Waals surface area contributed by atoms with Gasteiger partial charge in [-0.1, -0.05) is 18.2 Å². The third kappa shape index (κ3) is 2.34. The van der Waals surface area contributed by atoms with E-state index in [1.807, 2.05) is 6.07 Å². The van der Waals surface area contributed by atoms with Gasteiger partial charge in [0.25, 0.3) is 0 Å². The molecular formula is C21H15Br2N3. The summed E-state index contributed by atoms with van der Waals surface area (Å²) in [5.41, 5.74) is 5.61. The SMILES string of the molecule is CCn1c2ccccc2c2cc(-c3nc4cc(Br)c(Br)cc4[nH]3)ccc21. The van der Waals surface area contributed by atoms with Crippen LogP contribution in [0.4, 0.5) is 0 Å². The minimum Gasteiger partial charge on any atom is -0.341 e. The number of nitrogens with one attached hydrogen (secondary N) is 1. The van der Waals surface area contributed by atoms with Crippen LogP contribution in [0, 0.1) is 0 Å². The van der Waals surface area contributed by atoms with E-state index in [0.717, 1.165) is 37.9 Å². The van der Waals surface area contributed by atoms with Crippen molar-refractivity contribution < 1.29 is 0 Å². The fraction of sp³-hybridized carbons (Fsp3) is 0.0952. The second-order valence-electron chi connectivity index (χ2n) is 6.36. The van der Waals surface area contributed by atoms with E-state index in [-0.39, 0.29) is 0 Å². The summed E-state index contributed by atoms with van der Waals surface area (Å²) >= 11 is 7.10. The standard InChI is InChI=1S/C21H15Br2N3/c1-2-26-19-6-4-3-5-13(19)14-9-12(7-8-20(14)26)21-24-17-10-15(22)16(23)11-18(17)25-21/h3-11H,2H2,1H3,(H,24,25). The van der Waals surface area contributed by atoms with Crippen LogP contribution < -0.4 is 0 Å². The number of halogens is 2. The van der Waals surface area contributed by atoms with Gasteiger partial charge in [0.1, 0.15) is 5.82 Å². The van der Waals surface area contributed by atoms with Crippen molar-refractivity contribution >= 4 is 64.7 Å². The maximum absolute atomic E-state index is 4.79. The first-order chi connectivity index (χ1) is 12.7. The van der Waals surface area contributed by atoms with E-state index < -0.39 is 0 Å². The number of hydrogen-bond acceptors (Lipinski definition) is 1. The first kappa shape index (κ1) is 16.1. The molecule has 0 saturated carbocycles. The average Bonchev–Trinajstić information content (AvgIpc) is 3.20. The number of para-hydroxylation sites is 1. The van der Waals surface area contributed by atoms with Crippen molar-refractivity contribution in [2.75, 3.05) is 0 Å². The van der Waals surface area contributed by atoms with Crippen molar-refractivity contribution in [3.63, 3.8) is 0 Å². The molecule has 0 bridgehead atoms. The van der Waals surface area contributed by atoms with Gasteiger partial charge in [0.05, 0.1) is 11.0 Å². The highest BCUT2D eigenvalue weighted by atomic mass is 79.9. The van der Waals surface area contributed by atoms with Gasteiger partial charge in [0.15, 0.2) is 0 Å². The summed E-state index contributed by atoms with van der Waals surface area (Å²) in [7, 11) is 0. The molecule has 0 spiro atoms. The third-order valence-corrected chi connectivity index (χ3v) is 6.73. The van der Waals surface area contributed by atoms with Crippen LogP contribution in [0.15, 0.2) is 63.5 Å². The van der Waals surface area contributed by atoms with Crippen LogP contribution in [0.25, 0.3) is 44.2 Å². The van der Waals surface area contributed by atoms with Gasteiger partial charge in [0, 0.05) is 42.9 Å². The zero-order valence-electron chi connectivity index (χ0n) is 14.1. The van der Waals surface area contributed by atoms with Gasteiger partial charge >= 0.3 is 0 Å². The molecule has 0 unspecified atom stereocenters. The lowest BCUT2D eigenvalue weighted by molar-refractivity contribution is 0.827. The van der Waals surface area contributed by atoms with Crippen LogP contribution in [0.2, 0.25) is 0 Å². The van der Waals surface area contributed by atoms with Gasteiger partial charge in [-0.3, -0.25) is 0 Å². The molecule has 128 valence electrons. The Hall–Kier alpha value is -2.11. The van der Waals surface area contributed by atoms with E-state index in [1.165, 1.54) is 21.8 Å². The molecule has 0 aliphatic carbocycles. The number of aromatic amines is 1. The predicted molar refractivity (Wildman–Crippen MR) is 116 cm³/mol. The van der Waals surface area contributed by atoms with Crippen molar-refractivity contribution in [3.05, 3.63) is 63.5 Å². The van der Waals surface area contributed by atoms with Crippen molar-refractivity contribution in [1.29, 1.82) is 0 Å². The average molecular weight is 469 g/mol. The van der Waals surface area contributed by atoms with Gasteiger partial charge in [-0.15, -0.1) is 0 Å². The van der Waals surface area contributed by atoms with E-state index >= 15 is 0 Å². The Balaban J connectivity index is 1.76. The molecule has 0 radical (unpaired) electrons. The van der Waals surface area contributed by atoms with E-state index in [2.05, 4.69) is 96.9 Å². The minimum absolute atomic E-state index is 0.889. The molecule has 2 heterocycles. The number of imidazole rings is 1.